The highest BCUT2D eigenvalue weighted by Gasteiger charge is 2.34. The highest BCUT2D eigenvalue weighted by atomic mass is 32.1. The van der Waals surface area contributed by atoms with Crippen molar-refractivity contribution in [2.24, 2.45) is 4.99 Å². The molecule has 186 valence electrons. The summed E-state index contributed by atoms with van der Waals surface area (Å²) >= 11 is 1.18. The lowest BCUT2D eigenvalue weighted by atomic mass is 9.95. The fourth-order valence-corrected chi connectivity index (χ4v) is 5.01. The number of nitrogens with zero attached hydrogens (tertiary/aromatic N) is 2. The van der Waals surface area contributed by atoms with Crippen LogP contribution in [0, 0.1) is 0 Å². The molecule has 4 rings (SSSR count). The fraction of sp³-hybridized carbons (Fsp3) is 0.231. The van der Waals surface area contributed by atoms with Gasteiger partial charge in [0.05, 0.1) is 35.5 Å². The summed E-state index contributed by atoms with van der Waals surface area (Å²) in [6, 6.07) is 13.1. The first-order valence-corrected chi connectivity index (χ1v) is 11.9. The number of para-hydroxylation sites is 1. The molecule has 1 atom stereocenters. The molecule has 0 saturated carbocycles. The number of thiazole rings is 1. The first kappa shape index (κ1) is 24.9. The van der Waals surface area contributed by atoms with Crippen LogP contribution >= 0.6 is 11.3 Å². The average molecular weight is 508 g/mol. The van der Waals surface area contributed by atoms with E-state index >= 15 is 0 Å². The number of rotatable bonds is 8. The standard InChI is InChI=1S/C26H24N2O7S/c1-4-34-25(32)22-15(2)27-26-28(23(22)18-10-5-6-11-19(18)33-3)24(31)20(36-26)13-16-8-7-9-17(12-16)35-14-21(29)30/h5-13,23H,4,14H2,1-3H3,(H,29,30)/p-1/b20-13+/t23-/m0/s1. The molecule has 0 spiro atoms. The number of fused-ring (bicyclic) bond motifs is 1. The Morgan fingerprint density at radius 1 is 1.19 bits per heavy atom. The van der Waals surface area contributed by atoms with Gasteiger partial charge in [0.1, 0.15) is 24.1 Å². The van der Waals surface area contributed by atoms with E-state index in [1.165, 1.54) is 23.0 Å². The van der Waals surface area contributed by atoms with Crippen molar-refractivity contribution < 1.29 is 28.9 Å². The zero-order valence-corrected chi connectivity index (χ0v) is 20.7. The summed E-state index contributed by atoms with van der Waals surface area (Å²) in [5.41, 5.74) is 1.63. The molecular weight excluding hydrogens is 484 g/mol. The lowest BCUT2D eigenvalue weighted by Gasteiger charge is -2.25. The number of carbonyl (C=O) groups is 2. The Morgan fingerprint density at radius 2 is 1.97 bits per heavy atom. The maximum atomic E-state index is 13.7. The number of hydrogen-bond acceptors (Lipinski definition) is 9. The zero-order valence-electron chi connectivity index (χ0n) is 19.8. The third kappa shape index (κ3) is 4.94. The highest BCUT2D eigenvalue weighted by molar-refractivity contribution is 7.07. The Balaban J connectivity index is 1.89. The van der Waals surface area contributed by atoms with Gasteiger partial charge in [-0.2, -0.15) is 0 Å². The van der Waals surface area contributed by atoms with E-state index in [0.29, 0.717) is 37.7 Å². The molecule has 0 unspecified atom stereocenters. The maximum Gasteiger partial charge on any atom is 0.338 e. The number of carboxylic acid groups (broad SMARTS) is 1. The number of hydrogen-bond donors (Lipinski definition) is 0. The van der Waals surface area contributed by atoms with E-state index in [1.807, 2.05) is 12.1 Å². The molecule has 0 N–H and O–H groups in total. The van der Waals surface area contributed by atoms with Crippen LogP contribution in [0.4, 0.5) is 0 Å². The van der Waals surface area contributed by atoms with Crippen molar-refractivity contribution in [3.8, 4) is 11.5 Å². The minimum absolute atomic E-state index is 0.176. The molecule has 2 aromatic carbocycles. The molecular formula is C26H23N2O7S-. The summed E-state index contributed by atoms with van der Waals surface area (Å²) in [4.78, 5) is 42.4. The molecule has 9 nitrogen and oxygen atoms in total. The molecule has 0 radical (unpaired) electrons. The molecule has 0 fully saturated rings. The van der Waals surface area contributed by atoms with Crippen LogP contribution in [0.3, 0.4) is 0 Å². The molecule has 2 heterocycles. The van der Waals surface area contributed by atoms with Crippen LogP contribution in [0.1, 0.15) is 31.0 Å². The number of aliphatic carboxylic acids is 1. The van der Waals surface area contributed by atoms with Crippen molar-refractivity contribution in [1.82, 2.24) is 4.57 Å². The topological polar surface area (TPSA) is 119 Å². The third-order valence-electron chi connectivity index (χ3n) is 5.46. The Morgan fingerprint density at radius 3 is 2.69 bits per heavy atom. The van der Waals surface area contributed by atoms with E-state index in [-0.39, 0.29) is 17.7 Å². The van der Waals surface area contributed by atoms with Crippen molar-refractivity contribution in [3.63, 3.8) is 0 Å². The van der Waals surface area contributed by atoms with Crippen LogP contribution in [0.15, 0.2) is 69.6 Å². The quantitative estimate of drug-likeness (QED) is 0.416. The van der Waals surface area contributed by atoms with Gasteiger partial charge < -0.3 is 24.1 Å². The van der Waals surface area contributed by atoms with Gasteiger partial charge in [-0.25, -0.2) is 9.79 Å². The van der Waals surface area contributed by atoms with Crippen molar-refractivity contribution in [2.75, 3.05) is 20.3 Å². The second-order valence-corrected chi connectivity index (χ2v) is 8.79. The smallest absolute Gasteiger partial charge is 0.338 e. The van der Waals surface area contributed by atoms with Gasteiger partial charge in [-0.15, -0.1) is 0 Å². The fourth-order valence-electron chi connectivity index (χ4n) is 3.97. The second kappa shape index (κ2) is 10.6. The summed E-state index contributed by atoms with van der Waals surface area (Å²) in [6.45, 7) is 3.02. The zero-order chi connectivity index (χ0) is 25.8. The molecule has 0 saturated heterocycles. The van der Waals surface area contributed by atoms with E-state index in [9.17, 15) is 19.5 Å². The summed E-state index contributed by atoms with van der Waals surface area (Å²) in [5.74, 6) is -1.04. The largest absolute Gasteiger partial charge is 0.546 e. The molecule has 1 aliphatic heterocycles. The summed E-state index contributed by atoms with van der Waals surface area (Å²) in [6.07, 6.45) is 1.67. The number of carbonyl (C=O) groups excluding carboxylic acids is 2. The SMILES string of the molecule is CCOC(=O)C1=C(C)N=c2s/c(=C/c3cccc(OCC(=O)[O-])c3)c(=O)n2[C@H]1c1ccccc1OC. The molecule has 36 heavy (non-hydrogen) atoms. The normalized spacial score (nSPS) is 15.2. The van der Waals surface area contributed by atoms with E-state index in [0.717, 1.165) is 0 Å². The predicted octanol–water partition coefficient (Wildman–Crippen LogP) is 0.936. The number of benzene rings is 2. The first-order chi connectivity index (χ1) is 17.3. The van der Waals surface area contributed by atoms with Gasteiger partial charge in [-0.1, -0.05) is 41.7 Å². The molecule has 1 aliphatic rings. The van der Waals surface area contributed by atoms with Crippen LogP contribution in [0.25, 0.3) is 6.08 Å². The van der Waals surface area contributed by atoms with Crippen molar-refractivity contribution >= 4 is 29.4 Å². The average Bonchev–Trinajstić information content (AvgIpc) is 3.16. The molecule has 0 bridgehead atoms. The minimum Gasteiger partial charge on any atom is -0.546 e. The maximum absolute atomic E-state index is 13.7. The summed E-state index contributed by atoms with van der Waals surface area (Å²) in [5, 5.41) is 10.7. The van der Waals surface area contributed by atoms with Gasteiger partial charge in [0.2, 0.25) is 0 Å². The van der Waals surface area contributed by atoms with E-state index < -0.39 is 24.6 Å². The van der Waals surface area contributed by atoms with Gasteiger partial charge in [0.25, 0.3) is 5.56 Å². The monoisotopic (exact) mass is 507 g/mol. The molecule has 10 heteroatoms. The number of carboxylic acids is 1. The Kier molecular flexibility index (Phi) is 7.35. The van der Waals surface area contributed by atoms with Gasteiger partial charge in [0, 0.05) is 5.56 Å². The Bertz CT molecular complexity index is 1530. The first-order valence-electron chi connectivity index (χ1n) is 11.1. The van der Waals surface area contributed by atoms with Crippen LogP contribution in [0.2, 0.25) is 0 Å². The summed E-state index contributed by atoms with van der Waals surface area (Å²) < 4.78 is 17.9. The lowest BCUT2D eigenvalue weighted by molar-refractivity contribution is -0.307. The van der Waals surface area contributed by atoms with Crippen LogP contribution < -0.4 is 29.5 Å². The molecule has 0 aliphatic carbocycles. The molecule has 0 amide bonds. The van der Waals surface area contributed by atoms with Gasteiger partial charge in [-0.3, -0.25) is 9.36 Å². The van der Waals surface area contributed by atoms with E-state index in [2.05, 4.69) is 4.99 Å². The van der Waals surface area contributed by atoms with Crippen molar-refractivity contribution in [1.29, 1.82) is 0 Å². The van der Waals surface area contributed by atoms with Crippen molar-refractivity contribution in [3.05, 3.63) is 90.6 Å². The highest BCUT2D eigenvalue weighted by Crippen LogP contribution is 2.35. The van der Waals surface area contributed by atoms with Crippen molar-refractivity contribution in [2.45, 2.75) is 19.9 Å². The lowest BCUT2D eigenvalue weighted by Crippen LogP contribution is -2.40. The Hall–Kier alpha value is -4.18. The van der Waals surface area contributed by atoms with E-state index in [1.54, 1.807) is 56.3 Å². The van der Waals surface area contributed by atoms with E-state index in [4.69, 9.17) is 14.2 Å². The third-order valence-corrected chi connectivity index (χ3v) is 6.45. The molecule has 1 aromatic heterocycles. The molecule has 3 aromatic rings. The van der Waals surface area contributed by atoms with Gasteiger partial charge >= 0.3 is 5.97 Å². The number of esters is 1. The van der Waals surface area contributed by atoms with Crippen LogP contribution in [-0.2, 0) is 14.3 Å². The predicted molar refractivity (Wildman–Crippen MR) is 130 cm³/mol. The van der Waals surface area contributed by atoms with Crippen LogP contribution in [0.5, 0.6) is 11.5 Å². The summed E-state index contributed by atoms with van der Waals surface area (Å²) in [7, 11) is 1.53. The number of ether oxygens (including phenoxy) is 3. The number of aromatic nitrogens is 1. The number of methoxy groups -OCH3 is 1. The second-order valence-electron chi connectivity index (χ2n) is 7.78. The van der Waals surface area contributed by atoms with Gasteiger partial charge in [-0.05, 0) is 43.7 Å². The minimum atomic E-state index is -1.34. The number of allylic oxidation sites excluding steroid dienone is 1. The van der Waals surface area contributed by atoms with Crippen LogP contribution in [-0.4, -0.2) is 36.8 Å². The Labute approximate surface area is 210 Å². The van der Waals surface area contributed by atoms with Gasteiger partial charge in [0.15, 0.2) is 4.80 Å².